The van der Waals surface area contributed by atoms with Crippen LogP contribution < -0.4 is 5.11 Å². The number of carbonyl (C=O) groups is 8. The highest BCUT2D eigenvalue weighted by molar-refractivity contribution is 6.24. The van der Waals surface area contributed by atoms with E-state index >= 15 is 0 Å². The fourth-order valence-electron chi connectivity index (χ4n) is 3.00. The topological polar surface area (TPSA) is 301 Å². The quantitative estimate of drug-likeness (QED) is 0.159. The second kappa shape index (κ2) is 6.98. The first-order chi connectivity index (χ1) is 13.6. The maximum atomic E-state index is 11.9. The SMILES string of the molecule is O=C(O)C1=C(C(=O)O)C(C(=O)O)(C(=O)O)[N+](C(=O)[O-])(C(=O)O)C(C(=O)O)=C1C(=O)O. The zero-order valence-corrected chi connectivity index (χ0v) is 13.8. The molecule has 1 unspecified atom stereocenters. The minimum Gasteiger partial charge on any atom is -0.497 e. The summed E-state index contributed by atoms with van der Waals surface area (Å²) in [6.45, 7) is 0. The Morgan fingerprint density at radius 2 is 1.03 bits per heavy atom. The van der Waals surface area contributed by atoms with Crippen LogP contribution in [0.15, 0.2) is 22.4 Å². The summed E-state index contributed by atoms with van der Waals surface area (Å²) >= 11 is 0. The zero-order chi connectivity index (χ0) is 23.9. The van der Waals surface area contributed by atoms with E-state index in [1.165, 1.54) is 0 Å². The number of hydrogen-bond acceptors (Lipinski definition) is 9. The molecule has 0 aromatic rings. The molecule has 1 aliphatic heterocycles. The number of amides is 2. The maximum absolute atomic E-state index is 11.9. The molecule has 30 heavy (non-hydrogen) atoms. The van der Waals surface area contributed by atoms with Gasteiger partial charge in [0, 0.05) is 0 Å². The molecule has 17 heteroatoms. The largest absolute Gasteiger partial charge is 0.527 e. The molecular formula is C13H7NO16. The van der Waals surface area contributed by atoms with Gasteiger partial charge in [-0.1, -0.05) is 0 Å². The van der Waals surface area contributed by atoms with E-state index in [0.717, 1.165) is 0 Å². The Morgan fingerprint density at radius 1 is 0.633 bits per heavy atom. The monoisotopic (exact) mass is 433 g/mol. The molecule has 0 aromatic carbocycles. The van der Waals surface area contributed by atoms with E-state index < -0.39 is 80.4 Å². The normalized spacial score (nSPS) is 20.3. The van der Waals surface area contributed by atoms with Crippen molar-refractivity contribution in [2.75, 3.05) is 0 Å². The molecule has 0 radical (unpaired) electrons. The van der Waals surface area contributed by atoms with Crippen molar-refractivity contribution in [1.82, 2.24) is 0 Å². The van der Waals surface area contributed by atoms with Gasteiger partial charge in [-0.05, 0) is 0 Å². The van der Waals surface area contributed by atoms with Gasteiger partial charge < -0.3 is 45.6 Å². The van der Waals surface area contributed by atoms with Gasteiger partial charge >= 0.3 is 47.4 Å². The van der Waals surface area contributed by atoms with E-state index in [0.29, 0.717) is 0 Å². The predicted octanol–water partition coefficient (Wildman–Crippen LogP) is -3.36. The van der Waals surface area contributed by atoms with Crippen LogP contribution in [0.5, 0.6) is 0 Å². The standard InChI is InChI=1S/C13H7NO16/c15-5(16)1-2(6(17)18)4(8(21)22)14(11(27)28,12(29)30)13(9(23)24,10(25)26)3(1)7(19)20/h(H7-,15,16,17,18,19,20,21,22,23,24,25,26,27,28,29,30). The zero-order valence-electron chi connectivity index (χ0n) is 13.8. The number of imide groups is 1. The van der Waals surface area contributed by atoms with Crippen LogP contribution in [0.3, 0.4) is 0 Å². The second-order valence-corrected chi connectivity index (χ2v) is 5.23. The van der Waals surface area contributed by atoms with E-state index in [2.05, 4.69) is 0 Å². The van der Waals surface area contributed by atoms with Crippen LogP contribution in [-0.4, -0.2) is 93.8 Å². The minimum atomic E-state index is -4.95. The van der Waals surface area contributed by atoms with Gasteiger partial charge in [0.2, 0.25) is 0 Å². The first kappa shape index (κ1) is 23.2. The van der Waals surface area contributed by atoms with Gasteiger partial charge in [0.05, 0.1) is 5.57 Å². The summed E-state index contributed by atoms with van der Waals surface area (Å²) in [6, 6.07) is 0. The first-order valence-corrected chi connectivity index (χ1v) is 6.80. The summed E-state index contributed by atoms with van der Waals surface area (Å²) in [5.41, 5.74) is -14.7. The van der Waals surface area contributed by atoms with Crippen LogP contribution in [0.2, 0.25) is 0 Å². The van der Waals surface area contributed by atoms with Crippen molar-refractivity contribution in [3.8, 4) is 0 Å². The van der Waals surface area contributed by atoms with Gasteiger partial charge in [-0.2, -0.15) is 4.79 Å². The summed E-state index contributed by atoms with van der Waals surface area (Å²) in [7, 11) is 0. The Labute approximate surface area is 160 Å². The number of quaternary nitrogens is 1. The lowest BCUT2D eigenvalue weighted by Gasteiger charge is -2.44. The Morgan fingerprint density at radius 3 is 1.23 bits per heavy atom. The molecule has 0 fully saturated rings. The smallest absolute Gasteiger partial charge is 0.497 e. The number of carboxylic acids is 6. The fraction of sp³-hybridized carbons (Fsp3) is 0.0769. The number of nitrogens with zero attached hydrogens (tertiary/aromatic N) is 1. The summed E-state index contributed by atoms with van der Waals surface area (Å²) in [6.07, 6.45) is -6.63. The molecule has 160 valence electrons. The molecule has 2 amide bonds. The lowest BCUT2D eigenvalue weighted by molar-refractivity contribution is -0.797. The Kier molecular flexibility index (Phi) is 5.41. The molecule has 1 atom stereocenters. The Bertz CT molecular complexity index is 916. The maximum Gasteiger partial charge on any atom is 0.527 e. The Balaban J connectivity index is 4.91. The molecule has 0 aromatic heterocycles. The van der Waals surface area contributed by atoms with Crippen LogP contribution in [0, 0.1) is 0 Å². The second-order valence-electron chi connectivity index (χ2n) is 5.23. The highest BCUT2D eigenvalue weighted by Crippen LogP contribution is 2.47. The molecule has 1 rings (SSSR count). The molecule has 0 bridgehead atoms. The predicted molar refractivity (Wildman–Crippen MR) is 76.3 cm³/mol. The van der Waals surface area contributed by atoms with Crippen molar-refractivity contribution in [2.45, 2.75) is 5.54 Å². The van der Waals surface area contributed by atoms with Crippen molar-refractivity contribution < 1.29 is 83.7 Å². The molecule has 0 saturated heterocycles. The third-order valence-electron chi connectivity index (χ3n) is 3.96. The van der Waals surface area contributed by atoms with Crippen LogP contribution in [0.25, 0.3) is 0 Å². The van der Waals surface area contributed by atoms with Crippen LogP contribution in [0.1, 0.15) is 0 Å². The van der Waals surface area contributed by atoms with Gasteiger partial charge in [-0.15, -0.1) is 4.48 Å². The molecule has 7 N–H and O–H groups in total. The summed E-state index contributed by atoms with van der Waals surface area (Å²) in [5, 5.41) is 77.0. The molecule has 1 aliphatic rings. The van der Waals surface area contributed by atoms with E-state index in [9.17, 15) is 79.2 Å². The lowest BCUT2D eigenvalue weighted by Crippen LogP contribution is -2.81. The highest BCUT2D eigenvalue weighted by Gasteiger charge is 2.80. The number of rotatable bonds is 6. The molecule has 0 aliphatic carbocycles. The minimum absolute atomic E-state index is 2.28. The summed E-state index contributed by atoms with van der Waals surface area (Å²) < 4.78 is -3.98. The third kappa shape index (κ3) is 2.46. The van der Waals surface area contributed by atoms with Crippen molar-refractivity contribution in [2.24, 2.45) is 0 Å². The number of carboxylic acid groups (broad SMARTS) is 8. The van der Waals surface area contributed by atoms with Crippen LogP contribution in [-0.2, 0) is 28.8 Å². The molecule has 17 nitrogen and oxygen atoms in total. The van der Waals surface area contributed by atoms with Crippen molar-refractivity contribution in [1.29, 1.82) is 0 Å². The van der Waals surface area contributed by atoms with E-state index in [4.69, 9.17) is 0 Å². The fourth-order valence-corrected chi connectivity index (χ4v) is 3.00. The van der Waals surface area contributed by atoms with E-state index in [-0.39, 0.29) is 0 Å². The number of hydrogen-bond donors (Lipinski definition) is 7. The van der Waals surface area contributed by atoms with Crippen LogP contribution >= 0.6 is 0 Å². The highest BCUT2D eigenvalue weighted by atomic mass is 16.5. The third-order valence-corrected chi connectivity index (χ3v) is 3.96. The van der Waals surface area contributed by atoms with Crippen molar-refractivity contribution in [3.05, 3.63) is 22.4 Å². The molecule has 1 heterocycles. The first-order valence-electron chi connectivity index (χ1n) is 6.80. The van der Waals surface area contributed by atoms with E-state index in [1.807, 2.05) is 0 Å². The van der Waals surface area contributed by atoms with E-state index in [1.54, 1.807) is 0 Å². The van der Waals surface area contributed by atoms with Gasteiger partial charge in [-0.3, -0.25) is 0 Å². The van der Waals surface area contributed by atoms with Crippen molar-refractivity contribution >= 4 is 48.0 Å². The average Bonchev–Trinajstić information content (AvgIpc) is 2.56. The van der Waals surface area contributed by atoms with Gasteiger partial charge in [0.15, 0.2) is 0 Å². The summed E-state index contributed by atoms with van der Waals surface area (Å²) in [4.78, 5) is 93.7. The number of carbonyl (C=O) groups excluding carboxylic acids is 1. The van der Waals surface area contributed by atoms with Gasteiger partial charge in [0.1, 0.15) is 11.1 Å². The van der Waals surface area contributed by atoms with Gasteiger partial charge in [-0.25, -0.2) is 28.8 Å². The molecule has 0 spiro atoms. The van der Waals surface area contributed by atoms with Crippen molar-refractivity contribution in [3.63, 3.8) is 0 Å². The van der Waals surface area contributed by atoms with Crippen LogP contribution in [0.4, 0.5) is 9.59 Å². The average molecular weight is 433 g/mol. The Hall–Kier alpha value is -4.80. The molecular weight excluding hydrogens is 426 g/mol. The van der Waals surface area contributed by atoms with Gasteiger partial charge in [0.25, 0.3) is 11.8 Å². The number of aliphatic carboxylic acids is 6. The molecule has 0 saturated carbocycles. The lowest BCUT2D eigenvalue weighted by atomic mass is 9.75. The summed E-state index contributed by atoms with van der Waals surface area (Å²) in [5.74, 6) is -17.6.